The minimum absolute atomic E-state index is 1.09. The highest BCUT2D eigenvalue weighted by Gasteiger charge is 2.01. The summed E-state index contributed by atoms with van der Waals surface area (Å²) >= 11 is 5.11. The molecule has 0 saturated carbocycles. The van der Waals surface area contributed by atoms with E-state index in [9.17, 15) is 0 Å². The van der Waals surface area contributed by atoms with Crippen molar-refractivity contribution in [1.82, 2.24) is 9.38 Å². The molecule has 0 amide bonds. The molecule has 4 heteroatoms. The van der Waals surface area contributed by atoms with Gasteiger partial charge in [0.1, 0.15) is 11.2 Å². The fourth-order valence-electron chi connectivity index (χ4n) is 0.890. The fraction of sp³-hybridized carbons (Fsp3) is 0.167. The second-order valence-corrected chi connectivity index (χ2v) is 4.49. The van der Waals surface area contributed by atoms with Crippen molar-refractivity contribution in [3.63, 3.8) is 0 Å². The largest absolute Gasteiger partial charge is 0.296 e. The Morgan fingerprint density at radius 3 is 3.20 bits per heavy atom. The first-order chi connectivity index (χ1) is 4.77. The van der Waals surface area contributed by atoms with E-state index in [1.807, 2.05) is 23.8 Å². The standard InChI is InChI=1S/C6H5BrN2S/c1-4-6-9(3-8-4)2-5(7)10-6/h2-3H,1H3. The lowest BCUT2D eigenvalue weighted by Gasteiger charge is -1.76. The maximum Gasteiger partial charge on any atom is 0.123 e. The van der Waals surface area contributed by atoms with Crippen LogP contribution in [0.25, 0.3) is 4.83 Å². The van der Waals surface area contributed by atoms with Gasteiger partial charge >= 0.3 is 0 Å². The predicted octanol–water partition coefficient (Wildman–Crippen LogP) is 2.47. The molecule has 0 aliphatic heterocycles. The van der Waals surface area contributed by atoms with E-state index in [0.29, 0.717) is 0 Å². The molecule has 0 radical (unpaired) electrons. The number of imidazole rings is 1. The van der Waals surface area contributed by atoms with E-state index in [1.54, 1.807) is 11.3 Å². The van der Waals surface area contributed by atoms with E-state index in [1.165, 1.54) is 4.83 Å². The van der Waals surface area contributed by atoms with Gasteiger partial charge in [0.25, 0.3) is 0 Å². The zero-order valence-electron chi connectivity index (χ0n) is 5.34. The van der Waals surface area contributed by atoms with Gasteiger partial charge in [0.2, 0.25) is 0 Å². The molecule has 2 aromatic rings. The van der Waals surface area contributed by atoms with Crippen LogP contribution in [0.2, 0.25) is 0 Å². The third-order valence-corrected chi connectivity index (χ3v) is 3.04. The summed E-state index contributed by atoms with van der Waals surface area (Å²) in [6.45, 7) is 2.01. The zero-order valence-corrected chi connectivity index (χ0v) is 7.74. The Hall–Kier alpha value is -0.350. The first-order valence-electron chi connectivity index (χ1n) is 2.86. The van der Waals surface area contributed by atoms with E-state index in [0.717, 1.165) is 9.48 Å². The summed E-state index contributed by atoms with van der Waals surface area (Å²) in [5.41, 5.74) is 1.09. The van der Waals surface area contributed by atoms with Crippen molar-refractivity contribution < 1.29 is 0 Å². The minimum atomic E-state index is 1.09. The molecule has 0 aliphatic carbocycles. The third kappa shape index (κ3) is 0.793. The van der Waals surface area contributed by atoms with Crippen LogP contribution in [-0.4, -0.2) is 9.38 Å². The normalized spacial score (nSPS) is 11.0. The van der Waals surface area contributed by atoms with Crippen LogP contribution in [0.5, 0.6) is 0 Å². The molecule has 2 heterocycles. The summed E-state index contributed by atoms with van der Waals surface area (Å²) in [5, 5.41) is 0. The van der Waals surface area contributed by atoms with Crippen LogP contribution in [0.15, 0.2) is 16.3 Å². The first-order valence-corrected chi connectivity index (χ1v) is 4.47. The second kappa shape index (κ2) is 2.07. The van der Waals surface area contributed by atoms with Crippen LogP contribution in [0, 0.1) is 6.92 Å². The molecular formula is C6H5BrN2S. The summed E-state index contributed by atoms with van der Waals surface area (Å²) < 4.78 is 3.16. The summed E-state index contributed by atoms with van der Waals surface area (Å²) in [7, 11) is 0. The van der Waals surface area contributed by atoms with Crippen LogP contribution >= 0.6 is 27.3 Å². The Kier molecular flexibility index (Phi) is 1.32. The maximum atomic E-state index is 4.15. The van der Waals surface area contributed by atoms with Crippen molar-refractivity contribution >= 4 is 32.1 Å². The summed E-state index contributed by atoms with van der Waals surface area (Å²) in [5.74, 6) is 0. The lowest BCUT2D eigenvalue weighted by molar-refractivity contribution is 1.16. The summed E-state index contributed by atoms with van der Waals surface area (Å²) in [6, 6.07) is 0. The topological polar surface area (TPSA) is 17.3 Å². The van der Waals surface area contributed by atoms with Crippen LogP contribution in [0.3, 0.4) is 0 Å². The van der Waals surface area contributed by atoms with Gasteiger partial charge in [0.05, 0.1) is 9.48 Å². The fourth-order valence-corrected chi connectivity index (χ4v) is 2.33. The smallest absolute Gasteiger partial charge is 0.123 e. The van der Waals surface area contributed by atoms with Gasteiger partial charge in [0.15, 0.2) is 0 Å². The van der Waals surface area contributed by atoms with Crippen molar-refractivity contribution in [3.05, 3.63) is 22.0 Å². The average Bonchev–Trinajstić information content (AvgIpc) is 2.35. The van der Waals surface area contributed by atoms with Crippen LogP contribution in [-0.2, 0) is 0 Å². The number of hydrogen-bond donors (Lipinski definition) is 0. The molecule has 0 saturated heterocycles. The van der Waals surface area contributed by atoms with E-state index in [2.05, 4.69) is 20.9 Å². The SMILES string of the molecule is Cc1ncn2cc(Br)sc12. The van der Waals surface area contributed by atoms with E-state index in [4.69, 9.17) is 0 Å². The Labute approximate surface area is 70.6 Å². The molecular weight excluding hydrogens is 212 g/mol. The lowest BCUT2D eigenvalue weighted by Crippen LogP contribution is -1.67. The van der Waals surface area contributed by atoms with Gasteiger partial charge in [0, 0.05) is 6.20 Å². The molecule has 0 fully saturated rings. The molecule has 2 nitrogen and oxygen atoms in total. The van der Waals surface area contributed by atoms with Crippen LogP contribution < -0.4 is 0 Å². The Balaban J connectivity index is 2.90. The highest BCUT2D eigenvalue weighted by atomic mass is 79.9. The number of aryl methyl sites for hydroxylation is 1. The monoisotopic (exact) mass is 216 g/mol. The van der Waals surface area contributed by atoms with Gasteiger partial charge in [-0.25, -0.2) is 4.98 Å². The number of hydrogen-bond acceptors (Lipinski definition) is 2. The van der Waals surface area contributed by atoms with Crippen molar-refractivity contribution in [2.24, 2.45) is 0 Å². The molecule has 52 valence electrons. The minimum Gasteiger partial charge on any atom is -0.296 e. The molecule has 0 aliphatic rings. The highest BCUT2D eigenvalue weighted by molar-refractivity contribution is 9.11. The van der Waals surface area contributed by atoms with Crippen LogP contribution in [0.1, 0.15) is 5.69 Å². The lowest BCUT2D eigenvalue weighted by atomic mass is 10.6. The van der Waals surface area contributed by atoms with Gasteiger partial charge < -0.3 is 0 Å². The van der Waals surface area contributed by atoms with E-state index >= 15 is 0 Å². The van der Waals surface area contributed by atoms with Crippen LogP contribution in [0.4, 0.5) is 0 Å². The van der Waals surface area contributed by atoms with Crippen molar-refractivity contribution in [2.75, 3.05) is 0 Å². The molecule has 0 N–H and O–H groups in total. The maximum absolute atomic E-state index is 4.15. The molecule has 2 rings (SSSR count). The average molecular weight is 217 g/mol. The quantitative estimate of drug-likeness (QED) is 0.662. The van der Waals surface area contributed by atoms with Crippen molar-refractivity contribution in [2.45, 2.75) is 6.92 Å². The number of halogens is 1. The van der Waals surface area contributed by atoms with Gasteiger partial charge in [-0.3, -0.25) is 4.40 Å². The molecule has 0 spiro atoms. The van der Waals surface area contributed by atoms with Gasteiger partial charge in [-0.05, 0) is 22.9 Å². The number of nitrogens with zero attached hydrogens (tertiary/aromatic N) is 2. The number of aromatic nitrogens is 2. The third-order valence-electron chi connectivity index (χ3n) is 1.35. The van der Waals surface area contributed by atoms with Gasteiger partial charge in [-0.15, -0.1) is 11.3 Å². The molecule has 0 unspecified atom stereocenters. The molecule has 10 heavy (non-hydrogen) atoms. The van der Waals surface area contributed by atoms with Crippen molar-refractivity contribution in [1.29, 1.82) is 0 Å². The number of fused-ring (bicyclic) bond motifs is 1. The molecule has 2 aromatic heterocycles. The summed E-state index contributed by atoms with van der Waals surface area (Å²) in [4.78, 5) is 5.36. The van der Waals surface area contributed by atoms with Gasteiger partial charge in [-0.1, -0.05) is 0 Å². The highest BCUT2D eigenvalue weighted by Crippen LogP contribution is 2.24. The molecule has 0 aromatic carbocycles. The first kappa shape index (κ1) is 6.37. The number of thiazole rings is 1. The number of rotatable bonds is 0. The Morgan fingerprint density at radius 1 is 1.70 bits per heavy atom. The molecule has 0 atom stereocenters. The van der Waals surface area contributed by atoms with E-state index < -0.39 is 0 Å². The van der Waals surface area contributed by atoms with Gasteiger partial charge in [-0.2, -0.15) is 0 Å². The van der Waals surface area contributed by atoms with Crippen molar-refractivity contribution in [3.8, 4) is 0 Å². The Bertz CT molecular complexity index is 363. The predicted molar refractivity (Wildman–Crippen MR) is 45.5 cm³/mol. The zero-order chi connectivity index (χ0) is 7.14. The molecule has 0 bridgehead atoms. The second-order valence-electron chi connectivity index (χ2n) is 2.08. The Morgan fingerprint density at radius 2 is 2.50 bits per heavy atom. The summed E-state index contributed by atoms with van der Waals surface area (Å²) in [6.07, 6.45) is 3.84. The van der Waals surface area contributed by atoms with E-state index in [-0.39, 0.29) is 0 Å².